The molecule has 6 nitrogen and oxygen atoms in total. The number of aromatic nitrogens is 6. The first-order chi connectivity index (χ1) is 14.9. The highest BCUT2D eigenvalue weighted by atomic mass is 15.1. The van der Waals surface area contributed by atoms with Crippen molar-refractivity contribution in [1.82, 2.24) is 30.1 Å². The molecule has 0 atom stereocenters. The van der Waals surface area contributed by atoms with E-state index in [1.54, 1.807) is 12.4 Å². The molecule has 0 aliphatic rings. The lowest BCUT2D eigenvalue weighted by Crippen LogP contribution is -1.97. The summed E-state index contributed by atoms with van der Waals surface area (Å²) in [6.07, 6.45) is 5.29. The van der Waals surface area contributed by atoms with E-state index in [1.165, 1.54) is 0 Å². The van der Waals surface area contributed by atoms with Crippen LogP contribution in [0.1, 0.15) is 0 Å². The van der Waals surface area contributed by atoms with Crippen LogP contribution in [0, 0.1) is 0 Å². The van der Waals surface area contributed by atoms with Gasteiger partial charge in [0.05, 0.1) is 28.9 Å². The predicted molar refractivity (Wildman–Crippen MR) is 117 cm³/mol. The van der Waals surface area contributed by atoms with E-state index in [4.69, 9.17) is 4.98 Å². The van der Waals surface area contributed by atoms with Gasteiger partial charge in [-0.2, -0.15) is 5.10 Å². The van der Waals surface area contributed by atoms with E-state index >= 15 is 0 Å². The van der Waals surface area contributed by atoms with Crippen molar-refractivity contribution in [3.05, 3.63) is 85.3 Å². The quantitative estimate of drug-likeness (QED) is 0.423. The maximum absolute atomic E-state index is 4.88. The van der Waals surface area contributed by atoms with Gasteiger partial charge in [-0.3, -0.25) is 4.98 Å². The van der Waals surface area contributed by atoms with E-state index in [2.05, 4.69) is 25.1 Å². The van der Waals surface area contributed by atoms with Crippen molar-refractivity contribution in [2.75, 3.05) is 0 Å². The molecule has 6 aromatic rings. The summed E-state index contributed by atoms with van der Waals surface area (Å²) in [4.78, 5) is 18.7. The second-order valence-electron chi connectivity index (χ2n) is 6.96. The lowest BCUT2D eigenvalue weighted by molar-refractivity contribution is 1.06. The van der Waals surface area contributed by atoms with Crippen LogP contribution in [0.5, 0.6) is 0 Å². The van der Waals surface area contributed by atoms with Crippen LogP contribution in [0.25, 0.3) is 55.5 Å². The van der Waals surface area contributed by atoms with E-state index in [-0.39, 0.29) is 0 Å². The fourth-order valence-electron chi connectivity index (χ4n) is 3.65. The average Bonchev–Trinajstić information content (AvgIpc) is 2.83. The first kappa shape index (κ1) is 16.6. The summed E-state index contributed by atoms with van der Waals surface area (Å²) in [6.45, 7) is 0. The van der Waals surface area contributed by atoms with Crippen LogP contribution in [0.3, 0.4) is 0 Å². The molecule has 6 rings (SSSR count). The highest BCUT2D eigenvalue weighted by Crippen LogP contribution is 2.31. The van der Waals surface area contributed by atoms with Crippen molar-refractivity contribution in [3.63, 3.8) is 0 Å². The summed E-state index contributed by atoms with van der Waals surface area (Å²) in [6, 6.07) is 21.8. The monoisotopic (exact) mass is 386 g/mol. The number of para-hydroxylation sites is 2. The van der Waals surface area contributed by atoms with Crippen molar-refractivity contribution in [2.45, 2.75) is 0 Å². The number of rotatable bonds is 2. The molecule has 0 aliphatic heterocycles. The minimum Gasteiger partial charge on any atom is -0.252 e. The fourth-order valence-corrected chi connectivity index (χ4v) is 3.65. The summed E-state index contributed by atoms with van der Waals surface area (Å²) in [5.41, 5.74) is 4.69. The molecule has 30 heavy (non-hydrogen) atoms. The van der Waals surface area contributed by atoms with Gasteiger partial charge in [-0.15, -0.1) is 5.10 Å². The van der Waals surface area contributed by atoms with Gasteiger partial charge in [0.25, 0.3) is 0 Å². The molecule has 0 unspecified atom stereocenters. The number of hydrogen-bond donors (Lipinski definition) is 0. The third-order valence-electron chi connectivity index (χ3n) is 5.12. The zero-order valence-corrected chi connectivity index (χ0v) is 15.8. The second kappa shape index (κ2) is 6.63. The Morgan fingerprint density at radius 2 is 1.43 bits per heavy atom. The smallest absolute Gasteiger partial charge is 0.180 e. The van der Waals surface area contributed by atoms with Gasteiger partial charge < -0.3 is 0 Å². The topological polar surface area (TPSA) is 77.3 Å². The molecule has 6 heteroatoms. The zero-order chi connectivity index (χ0) is 19.9. The van der Waals surface area contributed by atoms with Gasteiger partial charge in [-0.25, -0.2) is 15.0 Å². The molecule has 3 aromatic carbocycles. The number of hydrogen-bond acceptors (Lipinski definition) is 6. The number of nitrogens with zero attached hydrogens (tertiary/aromatic N) is 6. The average molecular weight is 386 g/mol. The van der Waals surface area contributed by atoms with E-state index < -0.39 is 0 Å². The van der Waals surface area contributed by atoms with E-state index in [9.17, 15) is 0 Å². The first-order valence-electron chi connectivity index (χ1n) is 9.55. The molecular formula is C24H14N6. The van der Waals surface area contributed by atoms with Crippen LogP contribution in [0.4, 0.5) is 0 Å². The highest BCUT2D eigenvalue weighted by molar-refractivity contribution is 6.01. The number of fused-ring (bicyclic) bond motifs is 3. The molecule has 0 fully saturated rings. The standard InChI is InChI=1S/C24H14N6/c1-3-8-17-15(6-1)13-27-30-22(17)18-9-5-11-20-23(18)28-21(14-25-20)24-26-12-16-7-2-4-10-19(16)29-24/h1-14H. The van der Waals surface area contributed by atoms with Crippen LogP contribution < -0.4 is 0 Å². The van der Waals surface area contributed by atoms with Gasteiger partial charge in [-0.05, 0) is 12.1 Å². The molecule has 140 valence electrons. The Labute approximate surface area is 171 Å². The summed E-state index contributed by atoms with van der Waals surface area (Å²) >= 11 is 0. The molecule has 0 amide bonds. The van der Waals surface area contributed by atoms with Gasteiger partial charge in [0.2, 0.25) is 0 Å². The summed E-state index contributed by atoms with van der Waals surface area (Å²) in [7, 11) is 0. The highest BCUT2D eigenvalue weighted by Gasteiger charge is 2.14. The summed E-state index contributed by atoms with van der Waals surface area (Å²) < 4.78 is 0. The Bertz CT molecular complexity index is 1560. The maximum atomic E-state index is 4.88. The maximum Gasteiger partial charge on any atom is 0.180 e. The lowest BCUT2D eigenvalue weighted by atomic mass is 10.0. The zero-order valence-electron chi connectivity index (χ0n) is 15.8. The van der Waals surface area contributed by atoms with Crippen LogP contribution in [0.15, 0.2) is 85.3 Å². The Morgan fingerprint density at radius 1 is 0.600 bits per heavy atom. The van der Waals surface area contributed by atoms with Gasteiger partial charge in [0.15, 0.2) is 5.82 Å². The summed E-state index contributed by atoms with van der Waals surface area (Å²) in [5.74, 6) is 0.543. The molecular weight excluding hydrogens is 372 g/mol. The van der Waals surface area contributed by atoms with E-state index in [0.717, 1.165) is 44.0 Å². The lowest BCUT2D eigenvalue weighted by Gasteiger charge is -2.09. The minimum atomic E-state index is 0.543. The van der Waals surface area contributed by atoms with Gasteiger partial charge in [0, 0.05) is 27.9 Å². The van der Waals surface area contributed by atoms with Gasteiger partial charge in [-0.1, -0.05) is 54.6 Å². The van der Waals surface area contributed by atoms with E-state index in [1.807, 2.05) is 72.9 Å². The Hall–Kier alpha value is -4.32. The molecule has 3 aromatic heterocycles. The van der Waals surface area contributed by atoms with Crippen LogP contribution in [-0.4, -0.2) is 30.1 Å². The third-order valence-corrected chi connectivity index (χ3v) is 5.12. The second-order valence-corrected chi connectivity index (χ2v) is 6.96. The third kappa shape index (κ3) is 2.66. The van der Waals surface area contributed by atoms with Crippen LogP contribution >= 0.6 is 0 Å². The Kier molecular flexibility index (Phi) is 3.67. The predicted octanol–water partition coefficient (Wildman–Crippen LogP) is 4.85. The Balaban J connectivity index is 1.59. The minimum absolute atomic E-state index is 0.543. The summed E-state index contributed by atoms with van der Waals surface area (Å²) in [5, 5.41) is 11.6. The molecule has 3 heterocycles. The van der Waals surface area contributed by atoms with Crippen molar-refractivity contribution < 1.29 is 0 Å². The molecule has 0 saturated heterocycles. The molecule has 0 N–H and O–H groups in total. The van der Waals surface area contributed by atoms with Crippen LogP contribution in [-0.2, 0) is 0 Å². The van der Waals surface area contributed by atoms with Crippen molar-refractivity contribution in [3.8, 4) is 22.8 Å². The van der Waals surface area contributed by atoms with E-state index in [0.29, 0.717) is 11.5 Å². The number of benzene rings is 3. The molecule has 0 bridgehead atoms. The molecule has 0 spiro atoms. The van der Waals surface area contributed by atoms with Crippen molar-refractivity contribution in [2.24, 2.45) is 0 Å². The van der Waals surface area contributed by atoms with Crippen molar-refractivity contribution in [1.29, 1.82) is 0 Å². The van der Waals surface area contributed by atoms with Gasteiger partial charge >= 0.3 is 0 Å². The molecule has 0 radical (unpaired) electrons. The molecule has 0 aliphatic carbocycles. The first-order valence-corrected chi connectivity index (χ1v) is 9.55. The Morgan fingerprint density at radius 3 is 2.40 bits per heavy atom. The normalized spacial score (nSPS) is 11.3. The fraction of sp³-hybridized carbons (Fsp3) is 0. The van der Waals surface area contributed by atoms with Crippen molar-refractivity contribution >= 4 is 32.7 Å². The largest absolute Gasteiger partial charge is 0.252 e. The SMILES string of the molecule is c1ccc2nc(-c3cnc4cccc(-c5nncc6ccccc56)c4n3)ncc2c1. The van der Waals surface area contributed by atoms with Gasteiger partial charge in [0.1, 0.15) is 11.4 Å². The van der Waals surface area contributed by atoms with Crippen LogP contribution in [0.2, 0.25) is 0 Å². The molecule has 0 saturated carbocycles.